The number of hydrogen-bond acceptors (Lipinski definition) is 2. The molecular formula is C18H21F2N3O. The Morgan fingerprint density at radius 1 is 1.21 bits per heavy atom. The van der Waals surface area contributed by atoms with Crippen molar-refractivity contribution < 1.29 is 13.6 Å². The molecule has 1 atom stereocenters. The average molecular weight is 333 g/mol. The molecular weight excluding hydrogens is 312 g/mol. The summed E-state index contributed by atoms with van der Waals surface area (Å²) in [5.41, 5.74) is 1.23. The first-order valence-electron chi connectivity index (χ1n) is 8.31. The SMILES string of the molecule is O=C(NC[C@@H](c1ccccc1)C1CCCC1)c1ccn(C(F)F)n1. The van der Waals surface area contributed by atoms with Gasteiger partial charge in [-0.2, -0.15) is 13.9 Å². The van der Waals surface area contributed by atoms with Gasteiger partial charge in [0.25, 0.3) is 5.91 Å². The van der Waals surface area contributed by atoms with E-state index in [-0.39, 0.29) is 11.6 Å². The van der Waals surface area contributed by atoms with Gasteiger partial charge in [-0.25, -0.2) is 4.68 Å². The van der Waals surface area contributed by atoms with Crippen LogP contribution in [0.1, 0.15) is 54.2 Å². The van der Waals surface area contributed by atoms with Crippen molar-refractivity contribution in [2.24, 2.45) is 5.92 Å². The number of benzene rings is 1. The van der Waals surface area contributed by atoms with Crippen LogP contribution in [-0.2, 0) is 0 Å². The minimum atomic E-state index is -2.73. The number of amides is 1. The number of carbonyl (C=O) groups is 1. The van der Waals surface area contributed by atoms with Gasteiger partial charge in [0.1, 0.15) is 5.69 Å². The van der Waals surface area contributed by atoms with Gasteiger partial charge in [-0.15, -0.1) is 0 Å². The summed E-state index contributed by atoms with van der Waals surface area (Å²) in [7, 11) is 0. The molecule has 3 rings (SSSR count). The molecule has 2 aromatic rings. The van der Waals surface area contributed by atoms with Crippen LogP contribution in [0.2, 0.25) is 0 Å². The van der Waals surface area contributed by atoms with Crippen LogP contribution in [0.4, 0.5) is 8.78 Å². The van der Waals surface area contributed by atoms with E-state index in [0.717, 1.165) is 19.0 Å². The van der Waals surface area contributed by atoms with Crippen LogP contribution < -0.4 is 5.32 Å². The van der Waals surface area contributed by atoms with Crippen molar-refractivity contribution in [2.75, 3.05) is 6.54 Å². The predicted molar refractivity (Wildman–Crippen MR) is 87.0 cm³/mol. The Hall–Kier alpha value is -2.24. The fraction of sp³-hybridized carbons (Fsp3) is 0.444. The normalized spacial score (nSPS) is 16.5. The second kappa shape index (κ2) is 7.55. The van der Waals surface area contributed by atoms with Crippen molar-refractivity contribution in [3.05, 3.63) is 53.9 Å². The Bertz CT molecular complexity index is 666. The molecule has 1 amide bonds. The molecule has 1 aromatic heterocycles. The summed E-state index contributed by atoms with van der Waals surface area (Å²) in [6.07, 6.45) is 5.89. The van der Waals surface area contributed by atoms with Crippen molar-refractivity contribution in [3.8, 4) is 0 Å². The fourth-order valence-electron chi connectivity index (χ4n) is 3.48. The van der Waals surface area contributed by atoms with E-state index in [9.17, 15) is 13.6 Å². The summed E-state index contributed by atoms with van der Waals surface area (Å²) in [4.78, 5) is 12.2. The highest BCUT2D eigenvalue weighted by atomic mass is 19.3. The molecule has 0 unspecified atom stereocenters. The van der Waals surface area contributed by atoms with Crippen LogP contribution in [0.25, 0.3) is 0 Å². The Labute approximate surface area is 139 Å². The summed E-state index contributed by atoms with van der Waals surface area (Å²) < 4.78 is 25.6. The smallest absolute Gasteiger partial charge is 0.333 e. The quantitative estimate of drug-likeness (QED) is 0.869. The van der Waals surface area contributed by atoms with Crippen LogP contribution >= 0.6 is 0 Å². The third-order valence-corrected chi connectivity index (χ3v) is 4.72. The molecule has 1 heterocycles. The second-order valence-electron chi connectivity index (χ2n) is 6.23. The minimum Gasteiger partial charge on any atom is -0.350 e. The van der Waals surface area contributed by atoms with E-state index in [0.29, 0.717) is 17.1 Å². The van der Waals surface area contributed by atoms with E-state index in [1.54, 1.807) is 0 Å². The summed E-state index contributed by atoms with van der Waals surface area (Å²) in [6.45, 7) is -2.24. The van der Waals surface area contributed by atoms with Crippen LogP contribution in [0, 0.1) is 5.92 Å². The van der Waals surface area contributed by atoms with Crippen LogP contribution in [0.15, 0.2) is 42.6 Å². The van der Waals surface area contributed by atoms with Gasteiger partial charge in [0.05, 0.1) is 0 Å². The van der Waals surface area contributed by atoms with E-state index < -0.39 is 12.5 Å². The van der Waals surface area contributed by atoms with Crippen molar-refractivity contribution in [2.45, 2.75) is 38.2 Å². The molecule has 1 aromatic carbocycles. The number of rotatable bonds is 6. The van der Waals surface area contributed by atoms with Gasteiger partial charge in [0.2, 0.25) is 0 Å². The van der Waals surface area contributed by atoms with Gasteiger partial charge in [0, 0.05) is 18.7 Å². The highest BCUT2D eigenvalue weighted by Crippen LogP contribution is 2.36. The molecule has 24 heavy (non-hydrogen) atoms. The third-order valence-electron chi connectivity index (χ3n) is 4.72. The summed E-state index contributed by atoms with van der Waals surface area (Å²) in [5, 5.41) is 6.48. The maximum Gasteiger partial charge on any atom is 0.333 e. The van der Waals surface area contributed by atoms with E-state index >= 15 is 0 Å². The lowest BCUT2D eigenvalue weighted by molar-refractivity contribution is 0.0560. The molecule has 6 heteroatoms. The number of aromatic nitrogens is 2. The number of alkyl halides is 2. The fourth-order valence-corrected chi connectivity index (χ4v) is 3.48. The Balaban J connectivity index is 1.67. The van der Waals surface area contributed by atoms with E-state index in [1.807, 2.05) is 18.2 Å². The first-order valence-corrected chi connectivity index (χ1v) is 8.31. The third kappa shape index (κ3) is 3.80. The summed E-state index contributed by atoms with van der Waals surface area (Å²) in [6, 6.07) is 11.5. The highest BCUT2D eigenvalue weighted by molar-refractivity contribution is 5.92. The van der Waals surface area contributed by atoms with Crippen molar-refractivity contribution >= 4 is 5.91 Å². The molecule has 0 aliphatic heterocycles. The van der Waals surface area contributed by atoms with E-state index in [4.69, 9.17) is 0 Å². The monoisotopic (exact) mass is 333 g/mol. The molecule has 1 aliphatic rings. The molecule has 1 N–H and O–H groups in total. The van der Waals surface area contributed by atoms with Crippen molar-refractivity contribution in [1.82, 2.24) is 15.1 Å². The lowest BCUT2D eigenvalue weighted by Crippen LogP contribution is -2.31. The van der Waals surface area contributed by atoms with Gasteiger partial charge in [-0.3, -0.25) is 4.79 Å². The summed E-state index contributed by atoms with van der Waals surface area (Å²) >= 11 is 0. The van der Waals surface area contributed by atoms with Gasteiger partial charge in [0.15, 0.2) is 0 Å². The van der Waals surface area contributed by atoms with Gasteiger partial charge >= 0.3 is 6.55 Å². The first-order chi connectivity index (χ1) is 11.6. The maximum atomic E-state index is 12.6. The number of carbonyl (C=O) groups excluding carboxylic acids is 1. The first kappa shape index (κ1) is 16.6. The van der Waals surface area contributed by atoms with E-state index in [2.05, 4.69) is 22.5 Å². The molecule has 0 bridgehead atoms. The zero-order valence-corrected chi connectivity index (χ0v) is 13.4. The molecule has 0 spiro atoms. The van der Waals surface area contributed by atoms with E-state index in [1.165, 1.54) is 24.5 Å². The highest BCUT2D eigenvalue weighted by Gasteiger charge is 2.27. The number of hydrogen-bond donors (Lipinski definition) is 1. The van der Waals surface area contributed by atoms with Gasteiger partial charge in [-0.05, 0) is 30.4 Å². The summed E-state index contributed by atoms with van der Waals surface area (Å²) in [5.74, 6) is 0.384. The largest absolute Gasteiger partial charge is 0.350 e. The molecule has 0 saturated heterocycles. The molecule has 1 aliphatic carbocycles. The molecule has 1 fully saturated rings. The minimum absolute atomic E-state index is 0.0218. The standard InChI is InChI=1S/C18H21F2N3O/c19-18(20)23-11-10-16(22-23)17(24)21-12-15(14-8-4-5-9-14)13-6-2-1-3-7-13/h1-3,6-7,10-11,14-15,18H,4-5,8-9,12H2,(H,21,24)/t15-/m0/s1. The van der Waals surface area contributed by atoms with Crippen molar-refractivity contribution in [1.29, 1.82) is 0 Å². The van der Waals surface area contributed by atoms with Gasteiger partial charge < -0.3 is 5.32 Å². The van der Waals surface area contributed by atoms with Crippen LogP contribution in [0.3, 0.4) is 0 Å². The van der Waals surface area contributed by atoms with Crippen molar-refractivity contribution in [3.63, 3.8) is 0 Å². The second-order valence-corrected chi connectivity index (χ2v) is 6.23. The van der Waals surface area contributed by atoms with Gasteiger partial charge in [-0.1, -0.05) is 43.2 Å². The Kier molecular flexibility index (Phi) is 5.23. The molecule has 128 valence electrons. The zero-order valence-electron chi connectivity index (χ0n) is 13.4. The lowest BCUT2D eigenvalue weighted by atomic mass is 9.85. The Morgan fingerprint density at radius 3 is 2.54 bits per heavy atom. The number of nitrogens with one attached hydrogen (secondary N) is 1. The predicted octanol–water partition coefficient (Wildman–Crippen LogP) is 3.98. The topological polar surface area (TPSA) is 46.9 Å². The molecule has 0 radical (unpaired) electrons. The zero-order chi connectivity index (χ0) is 16.9. The van der Waals surface area contributed by atoms with Crippen LogP contribution in [-0.4, -0.2) is 22.2 Å². The number of nitrogens with zero attached hydrogens (tertiary/aromatic N) is 2. The Morgan fingerprint density at radius 2 is 1.92 bits per heavy atom. The average Bonchev–Trinajstić information content (AvgIpc) is 3.28. The maximum absolute atomic E-state index is 12.6. The number of halogens is 2. The lowest BCUT2D eigenvalue weighted by Gasteiger charge is -2.24. The molecule has 1 saturated carbocycles. The molecule has 4 nitrogen and oxygen atoms in total. The van der Waals surface area contributed by atoms with Crippen LogP contribution in [0.5, 0.6) is 0 Å².